The Labute approximate surface area is 157 Å². The third-order valence-corrected chi connectivity index (χ3v) is 4.98. The summed E-state index contributed by atoms with van der Waals surface area (Å²) in [5, 5.41) is 0. The van der Waals surface area contributed by atoms with Crippen LogP contribution in [0.3, 0.4) is 0 Å². The SMILES string of the molecule is C[C@@H]1CN(c2cccnc2)CCN1c1nc(-c2ccncc2)cc(=O)n1C. The molecule has 3 aromatic heterocycles. The molecule has 4 rings (SSSR count). The molecule has 0 spiro atoms. The second-order valence-electron chi connectivity index (χ2n) is 6.77. The minimum Gasteiger partial charge on any atom is -0.366 e. The van der Waals surface area contributed by atoms with E-state index in [-0.39, 0.29) is 11.6 Å². The lowest BCUT2D eigenvalue weighted by Crippen LogP contribution is -2.53. The summed E-state index contributed by atoms with van der Waals surface area (Å²) in [7, 11) is 1.78. The summed E-state index contributed by atoms with van der Waals surface area (Å²) < 4.78 is 1.63. The molecule has 4 heterocycles. The van der Waals surface area contributed by atoms with Crippen LogP contribution in [0.1, 0.15) is 6.92 Å². The maximum absolute atomic E-state index is 12.5. The van der Waals surface area contributed by atoms with Crippen molar-refractivity contribution in [1.82, 2.24) is 19.5 Å². The largest absolute Gasteiger partial charge is 0.366 e. The minimum atomic E-state index is -0.0614. The molecule has 1 atom stereocenters. The van der Waals surface area contributed by atoms with Gasteiger partial charge in [-0.3, -0.25) is 19.3 Å². The fourth-order valence-corrected chi connectivity index (χ4v) is 3.48. The van der Waals surface area contributed by atoms with Crippen LogP contribution in [0.2, 0.25) is 0 Å². The monoisotopic (exact) mass is 362 g/mol. The molecule has 3 aromatic rings. The Kier molecular flexibility index (Phi) is 4.58. The van der Waals surface area contributed by atoms with Crippen molar-refractivity contribution in [2.24, 2.45) is 7.05 Å². The minimum absolute atomic E-state index is 0.0614. The first-order valence-corrected chi connectivity index (χ1v) is 9.03. The lowest BCUT2D eigenvalue weighted by molar-refractivity contribution is 0.529. The molecule has 0 aromatic carbocycles. The van der Waals surface area contributed by atoms with Gasteiger partial charge in [0.1, 0.15) is 0 Å². The van der Waals surface area contributed by atoms with Gasteiger partial charge < -0.3 is 9.80 Å². The van der Waals surface area contributed by atoms with Crippen LogP contribution in [-0.2, 0) is 7.05 Å². The zero-order valence-electron chi connectivity index (χ0n) is 15.5. The number of hydrogen-bond donors (Lipinski definition) is 0. The highest BCUT2D eigenvalue weighted by Gasteiger charge is 2.27. The Bertz CT molecular complexity index is 973. The molecule has 1 fully saturated rings. The van der Waals surface area contributed by atoms with Gasteiger partial charge in [-0.2, -0.15) is 0 Å². The fourth-order valence-electron chi connectivity index (χ4n) is 3.48. The Morgan fingerprint density at radius 1 is 1.07 bits per heavy atom. The maximum atomic E-state index is 12.5. The molecular formula is C20H22N6O. The van der Waals surface area contributed by atoms with E-state index in [1.54, 1.807) is 36.3 Å². The van der Waals surface area contributed by atoms with Gasteiger partial charge in [0, 0.05) is 62.9 Å². The van der Waals surface area contributed by atoms with E-state index < -0.39 is 0 Å². The predicted molar refractivity (Wildman–Crippen MR) is 106 cm³/mol. The van der Waals surface area contributed by atoms with Gasteiger partial charge in [0.2, 0.25) is 5.95 Å². The van der Waals surface area contributed by atoms with E-state index in [1.807, 2.05) is 24.4 Å². The van der Waals surface area contributed by atoms with E-state index in [2.05, 4.69) is 32.8 Å². The van der Waals surface area contributed by atoms with E-state index in [4.69, 9.17) is 4.98 Å². The van der Waals surface area contributed by atoms with E-state index in [0.717, 1.165) is 30.9 Å². The third kappa shape index (κ3) is 3.40. The van der Waals surface area contributed by atoms with Gasteiger partial charge in [-0.1, -0.05) is 0 Å². The maximum Gasteiger partial charge on any atom is 0.255 e. The highest BCUT2D eigenvalue weighted by Crippen LogP contribution is 2.23. The van der Waals surface area contributed by atoms with E-state index in [1.165, 1.54) is 0 Å². The van der Waals surface area contributed by atoms with E-state index >= 15 is 0 Å². The molecule has 1 aliphatic heterocycles. The van der Waals surface area contributed by atoms with Gasteiger partial charge in [0.25, 0.3) is 5.56 Å². The Morgan fingerprint density at radius 3 is 2.59 bits per heavy atom. The van der Waals surface area contributed by atoms with Crippen molar-refractivity contribution in [3.63, 3.8) is 0 Å². The molecule has 0 radical (unpaired) electrons. The van der Waals surface area contributed by atoms with Gasteiger partial charge in [-0.25, -0.2) is 4.98 Å². The van der Waals surface area contributed by atoms with Crippen LogP contribution in [0.15, 0.2) is 59.9 Å². The highest BCUT2D eigenvalue weighted by atomic mass is 16.1. The first kappa shape index (κ1) is 17.2. The molecule has 0 saturated carbocycles. The molecule has 7 heteroatoms. The van der Waals surface area contributed by atoms with Gasteiger partial charge in [-0.05, 0) is 31.2 Å². The molecule has 1 saturated heterocycles. The van der Waals surface area contributed by atoms with Gasteiger partial charge in [-0.15, -0.1) is 0 Å². The van der Waals surface area contributed by atoms with Crippen molar-refractivity contribution < 1.29 is 0 Å². The molecule has 0 unspecified atom stereocenters. The van der Waals surface area contributed by atoms with Crippen LogP contribution in [0, 0.1) is 0 Å². The summed E-state index contributed by atoms with van der Waals surface area (Å²) in [6, 6.07) is 9.56. The topological polar surface area (TPSA) is 67.2 Å². The molecule has 27 heavy (non-hydrogen) atoms. The lowest BCUT2D eigenvalue weighted by Gasteiger charge is -2.41. The number of aromatic nitrogens is 4. The molecule has 138 valence electrons. The zero-order chi connectivity index (χ0) is 18.8. The van der Waals surface area contributed by atoms with Crippen molar-refractivity contribution in [3.05, 3.63) is 65.5 Å². The predicted octanol–water partition coefficient (Wildman–Crippen LogP) is 1.95. The summed E-state index contributed by atoms with van der Waals surface area (Å²) >= 11 is 0. The van der Waals surface area contributed by atoms with E-state index in [0.29, 0.717) is 11.6 Å². The zero-order valence-corrected chi connectivity index (χ0v) is 15.5. The van der Waals surface area contributed by atoms with Crippen molar-refractivity contribution in [2.75, 3.05) is 29.4 Å². The summed E-state index contributed by atoms with van der Waals surface area (Å²) in [5.74, 6) is 0.702. The van der Waals surface area contributed by atoms with Crippen LogP contribution in [0.4, 0.5) is 11.6 Å². The van der Waals surface area contributed by atoms with Crippen LogP contribution in [-0.4, -0.2) is 45.2 Å². The quantitative estimate of drug-likeness (QED) is 0.709. The average molecular weight is 362 g/mol. The summed E-state index contributed by atoms with van der Waals surface area (Å²) in [5.41, 5.74) is 2.63. The summed E-state index contributed by atoms with van der Waals surface area (Å²) in [6.07, 6.45) is 7.10. The van der Waals surface area contributed by atoms with Crippen molar-refractivity contribution >= 4 is 11.6 Å². The molecule has 1 aliphatic rings. The number of pyridine rings is 2. The van der Waals surface area contributed by atoms with Gasteiger partial charge in [0.15, 0.2) is 0 Å². The smallest absolute Gasteiger partial charge is 0.255 e. The molecule has 7 nitrogen and oxygen atoms in total. The van der Waals surface area contributed by atoms with Gasteiger partial charge in [0.05, 0.1) is 17.6 Å². The summed E-state index contributed by atoms with van der Waals surface area (Å²) in [6.45, 7) is 4.65. The Balaban J connectivity index is 1.64. The first-order chi connectivity index (χ1) is 13.1. The lowest BCUT2D eigenvalue weighted by atomic mass is 10.1. The normalized spacial score (nSPS) is 17.2. The molecule has 0 amide bonds. The molecule has 0 N–H and O–H groups in total. The third-order valence-electron chi connectivity index (χ3n) is 4.98. The standard InChI is InChI=1S/C20H22N6O/c1-15-14-25(17-4-3-7-22-13-17)10-11-26(15)20-23-18(12-19(27)24(20)2)16-5-8-21-9-6-16/h3-9,12-13,15H,10-11,14H2,1-2H3/t15-/m1/s1. The number of hydrogen-bond acceptors (Lipinski definition) is 6. The van der Waals surface area contributed by atoms with Crippen LogP contribution in [0.25, 0.3) is 11.3 Å². The van der Waals surface area contributed by atoms with Crippen LogP contribution >= 0.6 is 0 Å². The number of piperazine rings is 1. The van der Waals surface area contributed by atoms with Crippen LogP contribution < -0.4 is 15.4 Å². The first-order valence-electron chi connectivity index (χ1n) is 9.03. The number of rotatable bonds is 3. The Hall–Kier alpha value is -3.22. The van der Waals surface area contributed by atoms with E-state index in [9.17, 15) is 4.79 Å². The second-order valence-corrected chi connectivity index (χ2v) is 6.77. The average Bonchev–Trinajstić information content (AvgIpc) is 2.71. The second kappa shape index (κ2) is 7.19. The molecular weight excluding hydrogens is 340 g/mol. The highest BCUT2D eigenvalue weighted by molar-refractivity contribution is 5.60. The molecule has 0 bridgehead atoms. The number of nitrogens with zero attached hydrogens (tertiary/aromatic N) is 6. The van der Waals surface area contributed by atoms with Crippen LogP contribution in [0.5, 0.6) is 0 Å². The summed E-state index contributed by atoms with van der Waals surface area (Å²) in [4.78, 5) is 30.1. The fraction of sp³-hybridized carbons (Fsp3) is 0.300. The molecule has 0 aliphatic carbocycles. The van der Waals surface area contributed by atoms with Gasteiger partial charge >= 0.3 is 0 Å². The van der Waals surface area contributed by atoms with Crippen molar-refractivity contribution in [3.8, 4) is 11.3 Å². The van der Waals surface area contributed by atoms with Crippen molar-refractivity contribution in [2.45, 2.75) is 13.0 Å². The van der Waals surface area contributed by atoms with Crippen molar-refractivity contribution in [1.29, 1.82) is 0 Å². The Morgan fingerprint density at radius 2 is 1.89 bits per heavy atom. The number of anilines is 2.